The maximum atomic E-state index is 15.2. The number of benzene rings is 3. The van der Waals surface area contributed by atoms with E-state index in [1.165, 1.54) is 17.7 Å². The maximum absolute atomic E-state index is 15.2. The second-order valence-electron chi connectivity index (χ2n) is 12.1. The van der Waals surface area contributed by atoms with E-state index in [9.17, 15) is 4.79 Å². The summed E-state index contributed by atoms with van der Waals surface area (Å²) in [7, 11) is 4.37. The minimum atomic E-state index is -0.566. The molecule has 11 heteroatoms. The molecule has 2 N–H and O–H groups in total. The molecule has 3 heterocycles. The molecule has 0 bridgehead atoms. The third kappa shape index (κ3) is 9.00. The van der Waals surface area contributed by atoms with Crippen molar-refractivity contribution in [1.29, 1.82) is 0 Å². The molecule has 6 rings (SSSR count). The molecule has 0 unspecified atom stereocenters. The molecule has 0 atom stereocenters. The first kappa shape index (κ1) is 33.6. The first-order chi connectivity index (χ1) is 23.3. The number of thiocarbonyl (C=S) groups is 1. The molecule has 0 saturated carbocycles. The van der Waals surface area contributed by atoms with Crippen LogP contribution >= 0.6 is 23.6 Å². The first-order valence-corrected chi connectivity index (χ1v) is 17.2. The number of nitrogens with one attached hydrogen (secondary N) is 2. The standard InChI is InChI=1S/C37H39FN6O2S2/c1-42-16-19-44(20-17-42)21-18-43(2)25-27-8-10-28(11-9-27)34-24-31-36(48-34)33(14-15-39-31)46-32-13-12-29(23-30(32)38)40-37(47)41-35(45)22-26-6-4-3-5-7-26/h3-15,23-24H,16-22,25H2,1-2H3,(H2,40,41,45,47). The topological polar surface area (TPSA) is 73.0 Å². The lowest BCUT2D eigenvalue weighted by atomic mass is 10.1. The number of amides is 1. The number of carbonyl (C=O) groups excluding carboxylic acids is 1. The molecule has 2 aromatic heterocycles. The summed E-state index contributed by atoms with van der Waals surface area (Å²) in [5.41, 5.74) is 4.42. The molecule has 0 radical (unpaired) electrons. The van der Waals surface area contributed by atoms with Gasteiger partial charge in [0, 0.05) is 74.7 Å². The van der Waals surface area contributed by atoms with Crippen LogP contribution < -0.4 is 15.4 Å². The number of rotatable bonds is 11. The summed E-state index contributed by atoms with van der Waals surface area (Å²) in [6.45, 7) is 7.59. The number of likely N-dealkylation sites (N-methyl/N-ethyl adjacent to an activating group) is 2. The Morgan fingerprint density at radius 2 is 1.75 bits per heavy atom. The van der Waals surface area contributed by atoms with Crippen LogP contribution in [0.15, 0.2) is 91.1 Å². The first-order valence-electron chi connectivity index (χ1n) is 16.0. The van der Waals surface area contributed by atoms with Crippen LogP contribution in [0.5, 0.6) is 11.5 Å². The fraction of sp³-hybridized carbons (Fsp3) is 0.270. The summed E-state index contributed by atoms with van der Waals surface area (Å²) in [4.78, 5) is 25.2. The Bertz CT molecular complexity index is 1860. The second-order valence-corrected chi connectivity index (χ2v) is 13.6. The predicted octanol–water partition coefficient (Wildman–Crippen LogP) is 6.63. The number of hydrogen-bond acceptors (Lipinski definition) is 8. The molecule has 1 aliphatic heterocycles. The maximum Gasteiger partial charge on any atom is 0.230 e. The van der Waals surface area contributed by atoms with Crippen LogP contribution in [0.2, 0.25) is 0 Å². The number of ether oxygens (including phenoxy) is 1. The summed E-state index contributed by atoms with van der Waals surface area (Å²) < 4.78 is 22.1. The number of halogens is 1. The smallest absolute Gasteiger partial charge is 0.230 e. The summed E-state index contributed by atoms with van der Waals surface area (Å²) in [5, 5.41) is 5.59. The minimum Gasteiger partial charge on any atom is -0.453 e. The molecule has 248 valence electrons. The number of piperazine rings is 1. The van der Waals surface area contributed by atoms with E-state index in [4.69, 9.17) is 17.0 Å². The van der Waals surface area contributed by atoms with Crippen molar-refractivity contribution in [2.24, 2.45) is 0 Å². The average Bonchev–Trinajstić information content (AvgIpc) is 3.52. The van der Waals surface area contributed by atoms with E-state index < -0.39 is 5.82 Å². The molecule has 1 aliphatic rings. The van der Waals surface area contributed by atoms with Crippen molar-refractivity contribution in [2.45, 2.75) is 13.0 Å². The molecule has 0 spiro atoms. The molecular formula is C37H39FN6O2S2. The number of aromatic nitrogens is 1. The molecule has 1 saturated heterocycles. The van der Waals surface area contributed by atoms with Gasteiger partial charge in [-0.05, 0) is 61.2 Å². The van der Waals surface area contributed by atoms with Crippen LogP contribution in [0.1, 0.15) is 11.1 Å². The van der Waals surface area contributed by atoms with Gasteiger partial charge >= 0.3 is 0 Å². The van der Waals surface area contributed by atoms with Gasteiger partial charge in [0.1, 0.15) is 5.75 Å². The third-order valence-corrected chi connectivity index (χ3v) is 9.72. The Balaban J connectivity index is 1.05. The van der Waals surface area contributed by atoms with Crippen molar-refractivity contribution in [3.05, 3.63) is 108 Å². The Kier molecular flexibility index (Phi) is 11.0. The van der Waals surface area contributed by atoms with Gasteiger partial charge < -0.3 is 25.2 Å². The van der Waals surface area contributed by atoms with Crippen molar-refractivity contribution < 1.29 is 13.9 Å². The van der Waals surface area contributed by atoms with Crippen LogP contribution in [-0.2, 0) is 17.8 Å². The highest BCUT2D eigenvalue weighted by atomic mass is 32.1. The zero-order chi connectivity index (χ0) is 33.5. The number of nitrogens with zero attached hydrogens (tertiary/aromatic N) is 4. The largest absolute Gasteiger partial charge is 0.453 e. The van der Waals surface area contributed by atoms with Crippen molar-refractivity contribution in [3.8, 4) is 21.9 Å². The molecule has 8 nitrogen and oxygen atoms in total. The molecule has 1 fully saturated rings. The Hall–Kier alpha value is -4.26. The monoisotopic (exact) mass is 682 g/mol. The van der Waals surface area contributed by atoms with Gasteiger partial charge in [-0.15, -0.1) is 11.3 Å². The lowest BCUT2D eigenvalue weighted by Crippen LogP contribution is -2.46. The van der Waals surface area contributed by atoms with E-state index in [1.54, 1.807) is 29.7 Å². The van der Waals surface area contributed by atoms with Gasteiger partial charge in [0.05, 0.1) is 16.6 Å². The molecule has 1 amide bonds. The molecule has 48 heavy (non-hydrogen) atoms. The molecule has 0 aliphatic carbocycles. The van der Waals surface area contributed by atoms with Gasteiger partial charge in [-0.2, -0.15) is 0 Å². The van der Waals surface area contributed by atoms with Gasteiger partial charge in [0.25, 0.3) is 0 Å². The third-order valence-electron chi connectivity index (χ3n) is 8.33. The molecular weight excluding hydrogens is 644 g/mol. The van der Waals surface area contributed by atoms with E-state index in [-0.39, 0.29) is 23.2 Å². The van der Waals surface area contributed by atoms with Crippen molar-refractivity contribution in [2.75, 3.05) is 58.7 Å². The highest BCUT2D eigenvalue weighted by molar-refractivity contribution is 7.80. The lowest BCUT2D eigenvalue weighted by molar-refractivity contribution is -0.119. The van der Waals surface area contributed by atoms with Gasteiger partial charge in [-0.3, -0.25) is 14.7 Å². The number of hydrogen-bond donors (Lipinski definition) is 2. The number of anilines is 1. The fourth-order valence-corrected chi connectivity index (χ4v) is 6.88. The summed E-state index contributed by atoms with van der Waals surface area (Å²) in [6, 6.07) is 26.3. The van der Waals surface area contributed by atoms with Crippen LogP contribution in [0.4, 0.5) is 10.1 Å². The number of thiophene rings is 1. The zero-order valence-electron chi connectivity index (χ0n) is 27.1. The summed E-state index contributed by atoms with van der Waals surface area (Å²) in [5.74, 6) is -0.225. The Morgan fingerprint density at radius 3 is 2.50 bits per heavy atom. The fourth-order valence-electron chi connectivity index (χ4n) is 5.58. The quantitative estimate of drug-likeness (QED) is 0.151. The number of pyridine rings is 1. The Morgan fingerprint density at radius 1 is 0.979 bits per heavy atom. The normalized spacial score (nSPS) is 13.9. The zero-order valence-corrected chi connectivity index (χ0v) is 28.7. The predicted molar refractivity (Wildman–Crippen MR) is 196 cm³/mol. The van der Waals surface area contributed by atoms with Crippen molar-refractivity contribution in [3.63, 3.8) is 0 Å². The van der Waals surface area contributed by atoms with E-state index in [1.807, 2.05) is 36.4 Å². The van der Waals surface area contributed by atoms with Gasteiger partial charge in [0.15, 0.2) is 16.7 Å². The van der Waals surface area contributed by atoms with E-state index in [0.717, 1.165) is 72.0 Å². The highest BCUT2D eigenvalue weighted by Gasteiger charge is 2.16. The Labute approximate surface area is 290 Å². The van der Waals surface area contributed by atoms with Crippen molar-refractivity contribution in [1.82, 2.24) is 25.0 Å². The van der Waals surface area contributed by atoms with E-state index in [2.05, 4.69) is 68.7 Å². The van der Waals surface area contributed by atoms with Gasteiger partial charge in [-0.1, -0.05) is 54.6 Å². The van der Waals surface area contributed by atoms with Crippen molar-refractivity contribution >= 4 is 50.5 Å². The van der Waals surface area contributed by atoms with Crippen LogP contribution in [-0.4, -0.2) is 84.1 Å². The molecule has 5 aromatic rings. The van der Waals surface area contributed by atoms with Gasteiger partial charge in [-0.25, -0.2) is 4.39 Å². The number of carbonyl (C=O) groups is 1. The number of fused-ring (bicyclic) bond motifs is 1. The highest BCUT2D eigenvalue weighted by Crippen LogP contribution is 2.39. The average molecular weight is 683 g/mol. The van der Waals surface area contributed by atoms with E-state index in [0.29, 0.717) is 11.4 Å². The second kappa shape index (κ2) is 15.8. The molecule has 3 aromatic carbocycles. The van der Waals surface area contributed by atoms with Gasteiger partial charge in [0.2, 0.25) is 5.91 Å². The van der Waals surface area contributed by atoms with Crippen LogP contribution in [0.3, 0.4) is 0 Å². The van der Waals surface area contributed by atoms with Crippen LogP contribution in [0.25, 0.3) is 20.7 Å². The SMILES string of the molecule is CN1CCN(CCN(C)Cc2ccc(-c3cc4nccc(Oc5ccc(NC(=S)NC(=O)Cc6ccccc6)cc5F)c4s3)cc2)CC1. The summed E-state index contributed by atoms with van der Waals surface area (Å²) in [6.07, 6.45) is 1.86. The summed E-state index contributed by atoms with van der Waals surface area (Å²) >= 11 is 6.82. The van der Waals surface area contributed by atoms with E-state index >= 15 is 4.39 Å². The lowest BCUT2D eigenvalue weighted by Gasteiger charge is -2.33. The van der Waals surface area contributed by atoms with Crippen LogP contribution in [0, 0.1) is 5.82 Å². The minimum absolute atomic E-state index is 0.0723.